The van der Waals surface area contributed by atoms with E-state index in [1.807, 2.05) is 0 Å². The first-order valence-corrected chi connectivity index (χ1v) is 11.4. The summed E-state index contributed by atoms with van der Waals surface area (Å²) in [5, 5.41) is 9.68. The van der Waals surface area contributed by atoms with Crippen molar-refractivity contribution in [1.29, 1.82) is 0 Å². The minimum absolute atomic E-state index is 0.102. The third kappa shape index (κ3) is 3.20. The number of hydrogen-bond acceptors (Lipinski definition) is 10. The number of carbonyl (C=O) groups is 3. The Balaban J connectivity index is 1.37. The molecule has 2 bridgehead atoms. The predicted octanol–water partition coefficient (Wildman–Crippen LogP) is 0.0278. The van der Waals surface area contributed by atoms with Crippen molar-refractivity contribution in [2.24, 2.45) is 22.2 Å². The number of rotatable bonds is 6. The molecule has 2 N–H and O–H groups in total. The summed E-state index contributed by atoms with van der Waals surface area (Å²) in [6, 6.07) is 4.36. The fourth-order valence-electron chi connectivity index (χ4n) is 4.92. The van der Waals surface area contributed by atoms with Crippen LogP contribution in [0.1, 0.15) is 6.92 Å². The molecule has 0 radical (unpaired) electrons. The van der Waals surface area contributed by atoms with Crippen molar-refractivity contribution in [3.8, 4) is 5.75 Å². The molecule has 1 aromatic carbocycles. The summed E-state index contributed by atoms with van der Waals surface area (Å²) in [7, 11) is -4.73. The summed E-state index contributed by atoms with van der Waals surface area (Å²) in [5.74, 6) is -2.92. The Labute approximate surface area is 181 Å². The standard InChI is InChI=1S/C18H19N4O9P/c1-2-29-10(23)7-21-14-13(19-20-21)15-11-12(16(14)30-15)18(25)22(17(11)24)8-3-5-9(6-4-8)31-32(26,27)28/h3-6,11-16H,2,7H2,1H3,(H2,26,27,28). The average molecular weight is 466 g/mol. The van der Waals surface area contributed by atoms with Crippen LogP contribution in [0.15, 0.2) is 34.6 Å². The maximum Gasteiger partial charge on any atom is 0.524 e. The van der Waals surface area contributed by atoms with Crippen molar-refractivity contribution in [3.63, 3.8) is 0 Å². The van der Waals surface area contributed by atoms with E-state index in [0.717, 1.165) is 4.90 Å². The van der Waals surface area contributed by atoms with Gasteiger partial charge in [0.25, 0.3) is 0 Å². The molecule has 3 saturated heterocycles. The minimum Gasteiger partial charge on any atom is -0.465 e. The topological polar surface area (TPSA) is 168 Å². The number of benzene rings is 1. The summed E-state index contributed by atoms with van der Waals surface area (Å²) in [4.78, 5) is 57.1. The number of anilines is 1. The summed E-state index contributed by atoms with van der Waals surface area (Å²) in [6.45, 7) is 1.79. The quantitative estimate of drug-likeness (QED) is 0.331. The smallest absolute Gasteiger partial charge is 0.465 e. The lowest BCUT2D eigenvalue weighted by molar-refractivity contribution is -0.145. The number of nitrogens with zero attached hydrogens (tertiary/aromatic N) is 4. The van der Waals surface area contributed by atoms with Crippen LogP contribution in [0, 0.1) is 11.8 Å². The fraction of sp³-hybridized carbons (Fsp3) is 0.500. The Morgan fingerprint density at radius 2 is 1.81 bits per heavy atom. The van der Waals surface area contributed by atoms with Gasteiger partial charge in [0.05, 0.1) is 36.3 Å². The lowest BCUT2D eigenvalue weighted by Gasteiger charge is -2.30. The highest BCUT2D eigenvalue weighted by Crippen LogP contribution is 2.53. The average Bonchev–Trinajstić information content (AvgIpc) is 3.43. The fourth-order valence-corrected chi connectivity index (χ4v) is 5.31. The first-order valence-electron chi connectivity index (χ1n) is 9.91. The molecule has 14 heteroatoms. The zero-order chi connectivity index (χ0) is 22.8. The molecule has 0 aliphatic carbocycles. The van der Waals surface area contributed by atoms with Crippen molar-refractivity contribution >= 4 is 31.3 Å². The van der Waals surface area contributed by atoms with E-state index in [2.05, 4.69) is 14.9 Å². The maximum atomic E-state index is 13.2. The number of esters is 1. The number of hydrogen-bond donors (Lipinski definition) is 2. The number of phosphoric ester groups is 1. The van der Waals surface area contributed by atoms with Crippen LogP contribution in [-0.4, -0.2) is 70.0 Å². The summed E-state index contributed by atoms with van der Waals surface area (Å²) in [6.07, 6.45) is -1.29. The van der Waals surface area contributed by atoms with E-state index in [9.17, 15) is 18.9 Å². The van der Waals surface area contributed by atoms with Gasteiger partial charge < -0.3 is 14.0 Å². The molecule has 4 aliphatic rings. The van der Waals surface area contributed by atoms with E-state index >= 15 is 0 Å². The molecule has 170 valence electrons. The monoisotopic (exact) mass is 466 g/mol. The van der Waals surface area contributed by atoms with E-state index in [1.54, 1.807) is 6.92 Å². The van der Waals surface area contributed by atoms with Crippen molar-refractivity contribution in [2.75, 3.05) is 18.1 Å². The Morgan fingerprint density at radius 1 is 1.16 bits per heavy atom. The number of amides is 2. The van der Waals surface area contributed by atoms with Crippen LogP contribution in [-0.2, 0) is 28.4 Å². The van der Waals surface area contributed by atoms with Crippen LogP contribution in [0.5, 0.6) is 5.75 Å². The maximum absolute atomic E-state index is 13.2. The van der Waals surface area contributed by atoms with Gasteiger partial charge in [-0.25, -0.2) is 9.46 Å². The van der Waals surface area contributed by atoms with E-state index in [1.165, 1.54) is 29.3 Å². The molecule has 32 heavy (non-hydrogen) atoms. The first kappa shape index (κ1) is 21.0. The summed E-state index contributed by atoms with van der Waals surface area (Å²) in [5.41, 5.74) is 0.252. The summed E-state index contributed by atoms with van der Waals surface area (Å²) >= 11 is 0. The van der Waals surface area contributed by atoms with E-state index in [0.29, 0.717) is 0 Å². The summed E-state index contributed by atoms with van der Waals surface area (Å²) < 4.78 is 26.4. The van der Waals surface area contributed by atoms with Gasteiger partial charge in [-0.15, -0.1) is 0 Å². The molecule has 5 rings (SSSR count). The molecule has 0 spiro atoms. The number of carbonyl (C=O) groups excluding carboxylic acids is 3. The van der Waals surface area contributed by atoms with Gasteiger partial charge in [0.2, 0.25) is 11.8 Å². The second-order valence-corrected chi connectivity index (χ2v) is 8.96. The lowest BCUT2D eigenvalue weighted by atomic mass is 9.76. The molecule has 2 amide bonds. The highest BCUT2D eigenvalue weighted by Gasteiger charge is 2.71. The second-order valence-electron chi connectivity index (χ2n) is 7.79. The third-order valence-electron chi connectivity index (χ3n) is 6.00. The largest absolute Gasteiger partial charge is 0.524 e. The van der Waals surface area contributed by atoms with Crippen molar-refractivity contribution < 1.29 is 42.7 Å². The van der Waals surface area contributed by atoms with Crippen molar-refractivity contribution in [2.45, 2.75) is 31.2 Å². The Hall–Kier alpha value is -2.86. The number of imide groups is 1. The number of phosphoric acid groups is 1. The van der Waals surface area contributed by atoms with Crippen LogP contribution in [0.25, 0.3) is 0 Å². The van der Waals surface area contributed by atoms with E-state index < -0.39 is 61.7 Å². The highest BCUT2D eigenvalue weighted by molar-refractivity contribution is 7.46. The highest BCUT2D eigenvalue weighted by atomic mass is 31.2. The molecule has 13 nitrogen and oxygen atoms in total. The zero-order valence-corrected chi connectivity index (χ0v) is 17.6. The van der Waals surface area contributed by atoms with Gasteiger partial charge in [-0.05, 0) is 31.2 Å². The van der Waals surface area contributed by atoms with Crippen LogP contribution in [0.2, 0.25) is 0 Å². The van der Waals surface area contributed by atoms with Crippen molar-refractivity contribution in [1.82, 2.24) is 5.01 Å². The minimum atomic E-state index is -4.73. The normalized spacial score (nSPS) is 32.5. The van der Waals surface area contributed by atoms with Crippen LogP contribution in [0.4, 0.5) is 5.69 Å². The first-order chi connectivity index (χ1) is 15.2. The van der Waals surface area contributed by atoms with Gasteiger partial charge in [0.15, 0.2) is 0 Å². The predicted molar refractivity (Wildman–Crippen MR) is 103 cm³/mol. The molecule has 0 saturated carbocycles. The molecule has 6 unspecified atom stereocenters. The molecule has 6 atom stereocenters. The zero-order valence-electron chi connectivity index (χ0n) is 16.7. The number of fused-ring (bicyclic) bond motifs is 8. The number of ether oxygens (including phenoxy) is 2. The van der Waals surface area contributed by atoms with E-state index in [4.69, 9.17) is 19.3 Å². The molecule has 3 fully saturated rings. The van der Waals surface area contributed by atoms with Gasteiger partial charge in [0.1, 0.15) is 24.4 Å². The van der Waals surface area contributed by atoms with E-state index in [-0.39, 0.29) is 24.6 Å². The van der Waals surface area contributed by atoms with Gasteiger partial charge in [-0.1, -0.05) is 5.22 Å². The Bertz CT molecular complexity index is 1060. The molecule has 1 aromatic rings. The van der Waals surface area contributed by atoms with Crippen LogP contribution in [0.3, 0.4) is 0 Å². The molecule has 4 aliphatic heterocycles. The lowest BCUT2D eigenvalue weighted by Crippen LogP contribution is -2.52. The van der Waals surface area contributed by atoms with Crippen LogP contribution >= 0.6 is 7.82 Å². The molecule has 4 heterocycles. The van der Waals surface area contributed by atoms with Crippen molar-refractivity contribution in [3.05, 3.63) is 24.3 Å². The van der Waals surface area contributed by atoms with Crippen LogP contribution < -0.4 is 9.42 Å². The SMILES string of the molecule is CCOC(=O)CN1N=NC2C3OC(C4C(=O)N(c5ccc(OP(=O)(O)O)cc5)C(=O)C34)C21. The Morgan fingerprint density at radius 3 is 2.44 bits per heavy atom. The Kier molecular flexibility index (Phi) is 4.82. The second kappa shape index (κ2) is 7.34. The molecule has 0 aromatic heterocycles. The molecular formula is C18H19N4O9P. The third-order valence-corrected chi connectivity index (χ3v) is 6.45. The molecular weight excluding hydrogens is 447 g/mol. The van der Waals surface area contributed by atoms with Gasteiger partial charge >= 0.3 is 13.8 Å². The van der Waals surface area contributed by atoms with Gasteiger partial charge in [0, 0.05) is 0 Å². The van der Waals surface area contributed by atoms with Gasteiger partial charge in [-0.3, -0.25) is 29.2 Å². The van der Waals surface area contributed by atoms with Gasteiger partial charge in [-0.2, -0.15) is 5.11 Å².